The van der Waals surface area contributed by atoms with Gasteiger partial charge in [0.2, 0.25) is 5.13 Å². The Labute approximate surface area is 172 Å². The Morgan fingerprint density at radius 1 is 1.21 bits per heavy atom. The lowest BCUT2D eigenvalue weighted by Gasteiger charge is -2.11. The molecule has 6 nitrogen and oxygen atoms in total. The van der Waals surface area contributed by atoms with Gasteiger partial charge in [-0.25, -0.2) is 14.2 Å². The van der Waals surface area contributed by atoms with Gasteiger partial charge >= 0.3 is 5.97 Å². The van der Waals surface area contributed by atoms with Gasteiger partial charge in [-0.3, -0.25) is 5.43 Å². The molecule has 1 N–H and O–H groups in total. The van der Waals surface area contributed by atoms with Gasteiger partial charge < -0.3 is 9.47 Å². The van der Waals surface area contributed by atoms with Crippen molar-refractivity contribution < 1.29 is 18.7 Å². The van der Waals surface area contributed by atoms with E-state index < -0.39 is 11.8 Å². The van der Waals surface area contributed by atoms with Crippen LogP contribution in [0.4, 0.5) is 9.52 Å². The van der Waals surface area contributed by atoms with Crippen LogP contribution in [0.3, 0.4) is 0 Å². The zero-order chi connectivity index (χ0) is 20.8. The molecule has 0 amide bonds. The number of aryl methyl sites for hydroxylation is 2. The molecule has 29 heavy (non-hydrogen) atoms. The summed E-state index contributed by atoms with van der Waals surface area (Å²) in [6, 6.07) is 10.3. The quantitative estimate of drug-likeness (QED) is 0.256. The number of benzene rings is 2. The molecule has 0 aliphatic carbocycles. The van der Waals surface area contributed by atoms with Gasteiger partial charge in [0.1, 0.15) is 5.82 Å². The molecule has 1 aromatic heterocycles. The Balaban J connectivity index is 1.72. The molecule has 0 bridgehead atoms. The van der Waals surface area contributed by atoms with Gasteiger partial charge in [0.25, 0.3) is 0 Å². The summed E-state index contributed by atoms with van der Waals surface area (Å²) in [5.41, 5.74) is 4.88. The number of aromatic nitrogens is 1. The monoisotopic (exact) mass is 413 g/mol. The maximum Gasteiger partial charge on any atom is 0.343 e. The molecule has 2 aromatic carbocycles. The minimum absolute atomic E-state index is 0.248. The molecular formula is C21H20FN3O3S. The topological polar surface area (TPSA) is 72.8 Å². The third kappa shape index (κ3) is 5.39. The van der Waals surface area contributed by atoms with Crippen LogP contribution in [0.25, 0.3) is 0 Å². The lowest BCUT2D eigenvalue weighted by Crippen LogP contribution is -2.10. The van der Waals surface area contributed by atoms with Crippen LogP contribution in [-0.2, 0) is 0 Å². The highest BCUT2D eigenvalue weighted by atomic mass is 32.1. The second kappa shape index (κ2) is 9.29. The van der Waals surface area contributed by atoms with Crippen molar-refractivity contribution in [3.05, 3.63) is 70.0 Å². The van der Waals surface area contributed by atoms with E-state index in [0.29, 0.717) is 17.5 Å². The molecule has 0 radical (unpaired) electrons. The molecule has 150 valence electrons. The van der Waals surface area contributed by atoms with Crippen molar-refractivity contribution in [2.75, 3.05) is 12.0 Å². The summed E-state index contributed by atoms with van der Waals surface area (Å²) in [5.74, 6) is -0.328. The van der Waals surface area contributed by atoms with E-state index in [1.165, 1.54) is 35.6 Å². The van der Waals surface area contributed by atoms with Crippen molar-refractivity contribution in [1.29, 1.82) is 0 Å². The number of anilines is 1. The van der Waals surface area contributed by atoms with Crippen LogP contribution in [0.1, 0.15) is 33.4 Å². The van der Waals surface area contributed by atoms with E-state index in [1.807, 2.05) is 20.8 Å². The van der Waals surface area contributed by atoms with Crippen LogP contribution in [-0.4, -0.2) is 23.8 Å². The summed E-state index contributed by atoms with van der Waals surface area (Å²) in [6.45, 7) is 6.18. The second-order valence-electron chi connectivity index (χ2n) is 6.07. The number of esters is 1. The van der Waals surface area contributed by atoms with Gasteiger partial charge in [-0.05, 0) is 68.8 Å². The predicted molar refractivity (Wildman–Crippen MR) is 112 cm³/mol. The number of hydrogen-bond acceptors (Lipinski definition) is 7. The van der Waals surface area contributed by atoms with Crippen LogP contribution in [0.5, 0.6) is 11.5 Å². The van der Waals surface area contributed by atoms with Crippen molar-refractivity contribution in [3.63, 3.8) is 0 Å². The maximum atomic E-state index is 13.0. The maximum absolute atomic E-state index is 13.0. The largest absolute Gasteiger partial charge is 0.490 e. The summed E-state index contributed by atoms with van der Waals surface area (Å²) in [6.07, 6.45) is 1.63. The van der Waals surface area contributed by atoms with Gasteiger partial charge in [-0.2, -0.15) is 5.10 Å². The molecular weight excluding hydrogens is 393 g/mol. The van der Waals surface area contributed by atoms with Crippen LogP contribution in [0.2, 0.25) is 0 Å². The molecule has 3 aromatic rings. The number of thiazole rings is 1. The first-order chi connectivity index (χ1) is 14.0. The number of hydrogen-bond donors (Lipinski definition) is 1. The molecule has 3 rings (SSSR count). The fourth-order valence-electron chi connectivity index (χ4n) is 2.38. The summed E-state index contributed by atoms with van der Waals surface area (Å²) in [4.78, 5) is 17.8. The van der Waals surface area contributed by atoms with E-state index in [0.717, 1.165) is 16.1 Å². The molecule has 0 aliphatic heterocycles. The van der Waals surface area contributed by atoms with Gasteiger partial charge in [0.15, 0.2) is 11.5 Å². The minimum atomic E-state index is -0.594. The molecule has 8 heteroatoms. The summed E-state index contributed by atoms with van der Waals surface area (Å²) in [5, 5.41) is 4.90. The fourth-order valence-corrected chi connectivity index (χ4v) is 3.15. The lowest BCUT2D eigenvalue weighted by atomic mass is 10.2. The molecule has 0 saturated heterocycles. The molecule has 0 atom stereocenters. The van der Waals surface area contributed by atoms with Gasteiger partial charge in [-0.15, -0.1) is 11.3 Å². The number of nitrogens with one attached hydrogen (secondary N) is 1. The molecule has 0 unspecified atom stereocenters. The lowest BCUT2D eigenvalue weighted by molar-refractivity contribution is 0.0728. The highest BCUT2D eigenvalue weighted by Crippen LogP contribution is 2.29. The Bertz CT molecular complexity index is 1010. The van der Waals surface area contributed by atoms with E-state index in [9.17, 15) is 9.18 Å². The number of carbonyl (C=O) groups is 1. The highest BCUT2D eigenvalue weighted by molar-refractivity contribution is 7.15. The first-order valence-corrected chi connectivity index (χ1v) is 9.75. The fraction of sp³-hybridized carbons (Fsp3) is 0.190. The zero-order valence-corrected chi connectivity index (χ0v) is 17.0. The Kier molecular flexibility index (Phi) is 6.56. The first-order valence-electron chi connectivity index (χ1n) is 8.94. The van der Waals surface area contributed by atoms with Gasteiger partial charge in [0.05, 0.1) is 24.1 Å². The van der Waals surface area contributed by atoms with Gasteiger partial charge in [0, 0.05) is 4.88 Å². The molecule has 1 heterocycles. The predicted octanol–water partition coefficient (Wildman–Crippen LogP) is 4.96. The third-order valence-corrected chi connectivity index (χ3v) is 4.93. The Hall–Kier alpha value is -3.26. The zero-order valence-electron chi connectivity index (χ0n) is 16.2. The van der Waals surface area contributed by atoms with Crippen molar-refractivity contribution in [3.8, 4) is 11.5 Å². The van der Waals surface area contributed by atoms with Crippen LogP contribution < -0.4 is 14.9 Å². The Morgan fingerprint density at radius 2 is 1.97 bits per heavy atom. The third-order valence-electron chi connectivity index (χ3n) is 3.95. The summed E-state index contributed by atoms with van der Waals surface area (Å²) in [7, 11) is 0. The highest BCUT2D eigenvalue weighted by Gasteiger charge is 2.13. The van der Waals surface area contributed by atoms with Gasteiger partial charge in [-0.1, -0.05) is 0 Å². The number of halogens is 1. The number of nitrogens with zero attached hydrogens (tertiary/aromatic N) is 2. The average molecular weight is 413 g/mol. The van der Waals surface area contributed by atoms with E-state index in [4.69, 9.17) is 9.47 Å². The smallest absolute Gasteiger partial charge is 0.343 e. The SMILES string of the molecule is CCOc1cc(/C=N\Nc2nc(C)c(C)s2)ccc1OC(=O)c1ccc(F)cc1. The average Bonchev–Trinajstić information content (AvgIpc) is 3.02. The van der Waals surface area contributed by atoms with Crippen molar-refractivity contribution in [1.82, 2.24) is 4.98 Å². The minimum Gasteiger partial charge on any atom is -0.490 e. The normalized spacial score (nSPS) is 10.9. The van der Waals surface area contributed by atoms with Crippen LogP contribution >= 0.6 is 11.3 Å². The molecule has 0 saturated carbocycles. The molecule has 0 aliphatic rings. The van der Waals surface area contributed by atoms with Crippen LogP contribution in [0.15, 0.2) is 47.6 Å². The van der Waals surface area contributed by atoms with E-state index in [2.05, 4.69) is 15.5 Å². The van der Waals surface area contributed by atoms with E-state index in [1.54, 1.807) is 24.4 Å². The van der Waals surface area contributed by atoms with Crippen LogP contribution in [0, 0.1) is 19.7 Å². The molecule has 0 spiro atoms. The number of carbonyl (C=O) groups excluding carboxylic acids is 1. The molecule has 0 fully saturated rings. The number of hydrazone groups is 1. The van der Waals surface area contributed by atoms with Crippen molar-refractivity contribution in [2.24, 2.45) is 5.10 Å². The standard InChI is InChI=1S/C21H20FN3O3S/c1-4-27-19-11-15(12-23-25-21-24-13(2)14(3)29-21)5-10-18(19)28-20(26)16-6-8-17(22)9-7-16/h5-12H,4H2,1-3H3,(H,24,25)/b23-12-. The van der Waals surface area contributed by atoms with Crippen molar-refractivity contribution >= 4 is 28.7 Å². The first kappa shape index (κ1) is 20.5. The summed E-state index contributed by atoms with van der Waals surface area (Å²) < 4.78 is 24.0. The number of ether oxygens (including phenoxy) is 2. The summed E-state index contributed by atoms with van der Waals surface area (Å²) >= 11 is 1.53. The second-order valence-corrected chi connectivity index (χ2v) is 7.27. The number of rotatable bonds is 7. The Morgan fingerprint density at radius 3 is 2.62 bits per heavy atom. The van der Waals surface area contributed by atoms with Crippen molar-refractivity contribution in [2.45, 2.75) is 20.8 Å². The van der Waals surface area contributed by atoms with E-state index >= 15 is 0 Å². The van der Waals surface area contributed by atoms with E-state index in [-0.39, 0.29) is 11.3 Å².